The molecule has 2 rings (SSSR count). The van der Waals surface area contributed by atoms with Gasteiger partial charge in [-0.05, 0) is 34.1 Å². The van der Waals surface area contributed by atoms with Gasteiger partial charge in [-0.25, -0.2) is 5.48 Å². The Balaban J connectivity index is 2.44. The Morgan fingerprint density at radius 3 is 2.42 bits per heavy atom. The molecule has 1 unspecified atom stereocenters. The first-order valence-electron chi connectivity index (χ1n) is 6.86. The van der Waals surface area contributed by atoms with Crippen LogP contribution in [0.1, 0.15) is 38.7 Å². The molecule has 2 aromatic rings. The zero-order valence-corrected chi connectivity index (χ0v) is 12.0. The van der Waals surface area contributed by atoms with E-state index in [4.69, 9.17) is 5.21 Å². The third-order valence-corrected chi connectivity index (χ3v) is 3.46. The molecule has 19 heavy (non-hydrogen) atoms. The van der Waals surface area contributed by atoms with Crippen LogP contribution >= 0.6 is 0 Å². The van der Waals surface area contributed by atoms with Crippen LogP contribution in [0.4, 0.5) is 0 Å². The van der Waals surface area contributed by atoms with E-state index in [1.54, 1.807) is 0 Å². The van der Waals surface area contributed by atoms with Crippen LogP contribution in [0.15, 0.2) is 42.5 Å². The average molecular weight is 257 g/mol. The van der Waals surface area contributed by atoms with Crippen molar-refractivity contribution in [1.29, 1.82) is 0 Å². The van der Waals surface area contributed by atoms with Gasteiger partial charge in [0.05, 0.1) is 0 Å². The molecule has 0 fully saturated rings. The summed E-state index contributed by atoms with van der Waals surface area (Å²) in [5.74, 6) is 0.316. The molecular formula is C17H23NO. The second kappa shape index (κ2) is 5.72. The lowest BCUT2D eigenvalue weighted by Gasteiger charge is -2.27. The van der Waals surface area contributed by atoms with E-state index < -0.39 is 0 Å². The van der Waals surface area contributed by atoms with E-state index in [-0.39, 0.29) is 5.41 Å². The lowest BCUT2D eigenvalue weighted by atomic mass is 9.80. The molecule has 0 radical (unpaired) electrons. The summed E-state index contributed by atoms with van der Waals surface area (Å²) in [5.41, 5.74) is 3.90. The van der Waals surface area contributed by atoms with Gasteiger partial charge in [0.25, 0.3) is 0 Å². The fraction of sp³-hybridized carbons (Fsp3) is 0.412. The fourth-order valence-electron chi connectivity index (χ4n) is 2.75. The summed E-state index contributed by atoms with van der Waals surface area (Å²) in [6, 6.07) is 14.9. The molecule has 0 amide bonds. The van der Waals surface area contributed by atoms with Gasteiger partial charge in [-0.1, -0.05) is 63.2 Å². The molecule has 102 valence electrons. The third kappa shape index (κ3) is 3.55. The molecule has 0 bridgehead atoms. The van der Waals surface area contributed by atoms with Crippen LogP contribution in [0.25, 0.3) is 10.8 Å². The van der Waals surface area contributed by atoms with Gasteiger partial charge in [-0.2, -0.15) is 0 Å². The Morgan fingerprint density at radius 1 is 1.05 bits per heavy atom. The molecule has 2 aromatic carbocycles. The fourth-order valence-corrected chi connectivity index (χ4v) is 2.75. The zero-order chi connectivity index (χ0) is 13.9. The number of hydrogen-bond donors (Lipinski definition) is 2. The molecule has 1 atom stereocenters. The maximum absolute atomic E-state index is 9.12. The van der Waals surface area contributed by atoms with Gasteiger partial charge in [0.2, 0.25) is 0 Å². The molecule has 0 heterocycles. The highest BCUT2D eigenvalue weighted by Crippen LogP contribution is 2.34. The number of hydrogen-bond acceptors (Lipinski definition) is 2. The number of hydroxylamine groups is 1. The quantitative estimate of drug-likeness (QED) is 0.799. The van der Waals surface area contributed by atoms with Crippen LogP contribution in [0.3, 0.4) is 0 Å². The number of benzene rings is 2. The smallest absolute Gasteiger partial charge is 0.0276 e. The minimum absolute atomic E-state index is 0.235. The number of fused-ring (bicyclic) bond motifs is 1. The molecule has 0 saturated carbocycles. The lowest BCUT2D eigenvalue weighted by Crippen LogP contribution is -2.22. The van der Waals surface area contributed by atoms with E-state index in [0.717, 1.165) is 6.42 Å². The highest BCUT2D eigenvalue weighted by molar-refractivity contribution is 5.86. The first-order chi connectivity index (χ1) is 9.01. The molecule has 0 aliphatic rings. The van der Waals surface area contributed by atoms with Gasteiger partial charge < -0.3 is 5.21 Å². The van der Waals surface area contributed by atoms with E-state index in [1.165, 1.54) is 16.3 Å². The van der Waals surface area contributed by atoms with Crippen LogP contribution in [0, 0.1) is 5.41 Å². The van der Waals surface area contributed by atoms with Gasteiger partial charge >= 0.3 is 0 Å². The SMILES string of the molecule is CC(C)(C)CC(CNO)c1cccc2ccccc12. The molecule has 2 heteroatoms. The highest BCUT2D eigenvalue weighted by atomic mass is 16.5. The minimum atomic E-state index is 0.235. The monoisotopic (exact) mass is 257 g/mol. The summed E-state index contributed by atoms with van der Waals surface area (Å²) in [7, 11) is 0. The van der Waals surface area contributed by atoms with Crippen molar-refractivity contribution in [1.82, 2.24) is 5.48 Å². The maximum Gasteiger partial charge on any atom is 0.0276 e. The largest absolute Gasteiger partial charge is 0.317 e. The number of rotatable bonds is 4. The lowest BCUT2D eigenvalue weighted by molar-refractivity contribution is 0.151. The van der Waals surface area contributed by atoms with Crippen molar-refractivity contribution in [2.45, 2.75) is 33.1 Å². The van der Waals surface area contributed by atoms with Crippen LogP contribution in [0.5, 0.6) is 0 Å². The second-order valence-electron chi connectivity index (χ2n) is 6.39. The predicted molar refractivity (Wildman–Crippen MR) is 80.6 cm³/mol. The molecule has 2 nitrogen and oxygen atoms in total. The summed E-state index contributed by atoms with van der Waals surface area (Å²) in [5, 5.41) is 11.7. The number of nitrogens with one attached hydrogen (secondary N) is 1. The Morgan fingerprint density at radius 2 is 1.74 bits per heavy atom. The van der Waals surface area contributed by atoms with Crippen LogP contribution in [0.2, 0.25) is 0 Å². The van der Waals surface area contributed by atoms with Crippen LogP contribution in [-0.2, 0) is 0 Å². The van der Waals surface area contributed by atoms with E-state index >= 15 is 0 Å². The van der Waals surface area contributed by atoms with Crippen molar-refractivity contribution in [3.63, 3.8) is 0 Å². The molecular weight excluding hydrogens is 234 g/mol. The molecule has 0 aliphatic carbocycles. The van der Waals surface area contributed by atoms with E-state index in [9.17, 15) is 0 Å². The second-order valence-corrected chi connectivity index (χ2v) is 6.39. The minimum Gasteiger partial charge on any atom is -0.317 e. The van der Waals surface area contributed by atoms with Crippen molar-refractivity contribution in [3.05, 3.63) is 48.0 Å². The van der Waals surface area contributed by atoms with E-state index in [0.29, 0.717) is 12.5 Å². The first-order valence-corrected chi connectivity index (χ1v) is 6.86. The van der Waals surface area contributed by atoms with Gasteiger partial charge in [-0.3, -0.25) is 0 Å². The standard InChI is InChI=1S/C17H23NO/c1-17(2,3)11-14(12-18-19)16-10-6-8-13-7-4-5-9-15(13)16/h4-10,14,18-19H,11-12H2,1-3H3. The zero-order valence-electron chi connectivity index (χ0n) is 12.0. The molecule has 2 N–H and O–H groups in total. The summed E-state index contributed by atoms with van der Waals surface area (Å²) in [6.45, 7) is 7.30. The highest BCUT2D eigenvalue weighted by Gasteiger charge is 2.21. The van der Waals surface area contributed by atoms with Gasteiger partial charge in [-0.15, -0.1) is 0 Å². The van der Waals surface area contributed by atoms with Gasteiger partial charge in [0, 0.05) is 6.54 Å². The molecule has 0 saturated heterocycles. The Labute approximate surface area is 115 Å². The average Bonchev–Trinajstić information content (AvgIpc) is 2.36. The third-order valence-electron chi connectivity index (χ3n) is 3.46. The maximum atomic E-state index is 9.12. The van der Waals surface area contributed by atoms with E-state index in [2.05, 4.69) is 68.7 Å². The molecule has 0 spiro atoms. The first kappa shape index (κ1) is 14.0. The topological polar surface area (TPSA) is 32.3 Å². The van der Waals surface area contributed by atoms with Crippen LogP contribution < -0.4 is 5.48 Å². The van der Waals surface area contributed by atoms with Crippen molar-refractivity contribution < 1.29 is 5.21 Å². The van der Waals surface area contributed by atoms with Crippen molar-refractivity contribution in [2.24, 2.45) is 5.41 Å². The Bertz CT molecular complexity index is 537. The summed E-state index contributed by atoms with van der Waals surface area (Å²) in [6.07, 6.45) is 1.04. The predicted octanol–water partition coefficient (Wildman–Crippen LogP) is 4.34. The Hall–Kier alpha value is -1.38. The Kier molecular flexibility index (Phi) is 4.23. The summed E-state index contributed by atoms with van der Waals surface area (Å²) >= 11 is 0. The van der Waals surface area contributed by atoms with Crippen molar-refractivity contribution in [3.8, 4) is 0 Å². The van der Waals surface area contributed by atoms with Gasteiger partial charge in [0.15, 0.2) is 0 Å². The van der Waals surface area contributed by atoms with Crippen molar-refractivity contribution >= 4 is 10.8 Å². The molecule has 0 aliphatic heterocycles. The van der Waals surface area contributed by atoms with Crippen LogP contribution in [-0.4, -0.2) is 11.8 Å². The normalized spacial score (nSPS) is 13.7. The van der Waals surface area contributed by atoms with Crippen molar-refractivity contribution in [2.75, 3.05) is 6.54 Å². The summed E-state index contributed by atoms with van der Waals surface area (Å²) in [4.78, 5) is 0. The summed E-state index contributed by atoms with van der Waals surface area (Å²) < 4.78 is 0. The van der Waals surface area contributed by atoms with Gasteiger partial charge in [0.1, 0.15) is 0 Å². The molecule has 0 aromatic heterocycles. The van der Waals surface area contributed by atoms with E-state index in [1.807, 2.05) is 0 Å².